The molecule has 110 valence electrons. The van der Waals surface area contributed by atoms with Crippen molar-refractivity contribution in [3.05, 3.63) is 78.9 Å². The lowest BCUT2D eigenvalue weighted by Gasteiger charge is -2.21. The minimum Gasteiger partial charge on any atom is -0.507 e. The quantitative estimate of drug-likeness (QED) is 0.444. The van der Waals surface area contributed by atoms with Crippen LogP contribution in [0.3, 0.4) is 0 Å². The minimum absolute atomic E-state index is 0.00904. The lowest BCUT2D eigenvalue weighted by Crippen LogP contribution is -2.25. The van der Waals surface area contributed by atoms with Crippen molar-refractivity contribution in [2.75, 3.05) is 5.73 Å². The van der Waals surface area contributed by atoms with E-state index in [1.807, 2.05) is 60.7 Å². The van der Waals surface area contributed by atoms with Crippen molar-refractivity contribution in [3.8, 4) is 5.75 Å². The Balaban J connectivity index is 2.34. The van der Waals surface area contributed by atoms with Crippen molar-refractivity contribution in [3.63, 3.8) is 0 Å². The van der Waals surface area contributed by atoms with Gasteiger partial charge in [0.05, 0.1) is 5.30 Å². The van der Waals surface area contributed by atoms with Crippen LogP contribution in [0.5, 0.6) is 5.75 Å². The number of phenolic OH excluding ortho intramolecular Hbond substituents is 1. The second-order valence-electron chi connectivity index (χ2n) is 5.03. The maximum Gasteiger partial charge on any atom is 0.174 e. The van der Waals surface area contributed by atoms with Crippen LogP contribution in [0.4, 0.5) is 5.69 Å². The van der Waals surface area contributed by atoms with Gasteiger partial charge in [-0.05, 0) is 18.2 Å². The lowest BCUT2D eigenvalue weighted by atomic mass is 10.3. The van der Waals surface area contributed by atoms with Crippen molar-refractivity contribution < 1.29 is 9.67 Å². The van der Waals surface area contributed by atoms with E-state index in [-0.39, 0.29) is 5.75 Å². The molecule has 0 fully saturated rings. The highest BCUT2D eigenvalue weighted by atomic mass is 31.2. The van der Waals surface area contributed by atoms with E-state index in [1.165, 1.54) is 6.07 Å². The Morgan fingerprint density at radius 1 is 0.773 bits per heavy atom. The van der Waals surface area contributed by atoms with E-state index in [0.717, 1.165) is 0 Å². The number of benzene rings is 3. The summed E-state index contributed by atoms with van der Waals surface area (Å²) in [5, 5.41) is 12.0. The molecule has 3 aromatic carbocycles. The molecule has 0 radical (unpaired) electrons. The number of anilines is 1. The topological polar surface area (TPSA) is 63.3 Å². The first-order valence-electron chi connectivity index (χ1n) is 6.93. The van der Waals surface area contributed by atoms with Crippen molar-refractivity contribution in [2.45, 2.75) is 0 Å². The van der Waals surface area contributed by atoms with Gasteiger partial charge in [-0.15, -0.1) is 0 Å². The molecule has 3 aromatic rings. The van der Waals surface area contributed by atoms with Gasteiger partial charge in [-0.25, -0.2) is 0 Å². The molecular weight excluding hydrogens is 293 g/mol. The van der Waals surface area contributed by atoms with E-state index in [9.17, 15) is 9.67 Å². The third-order valence-electron chi connectivity index (χ3n) is 3.58. The molecule has 0 heterocycles. The zero-order chi connectivity index (χ0) is 15.6. The Hall–Kier alpha value is -2.51. The normalized spacial score (nSPS) is 11.3. The standard InChI is InChI=1S/C18H16NO2P/c19-14-11-12-17(20)18(13-14)22(21,15-7-3-1-4-8-15)16-9-5-2-6-10-16/h1-13,20H,19H2. The third kappa shape index (κ3) is 2.40. The molecule has 3 nitrogen and oxygen atoms in total. The van der Waals surface area contributed by atoms with E-state index < -0.39 is 7.14 Å². The van der Waals surface area contributed by atoms with Crippen LogP contribution in [0.15, 0.2) is 78.9 Å². The molecule has 3 rings (SSSR count). The summed E-state index contributed by atoms with van der Waals surface area (Å²) in [5.41, 5.74) is 6.32. The number of hydrogen-bond acceptors (Lipinski definition) is 3. The van der Waals surface area contributed by atoms with Gasteiger partial charge in [-0.2, -0.15) is 0 Å². The van der Waals surface area contributed by atoms with Crippen LogP contribution in [-0.2, 0) is 4.57 Å². The molecule has 0 bridgehead atoms. The predicted octanol–water partition coefficient (Wildman–Crippen LogP) is 2.61. The van der Waals surface area contributed by atoms with Gasteiger partial charge < -0.3 is 15.4 Å². The molecular formula is C18H16NO2P. The molecule has 0 aliphatic rings. The zero-order valence-corrected chi connectivity index (χ0v) is 12.8. The van der Waals surface area contributed by atoms with E-state index in [0.29, 0.717) is 21.6 Å². The molecule has 0 unspecified atom stereocenters. The monoisotopic (exact) mass is 309 g/mol. The maximum absolute atomic E-state index is 14.0. The zero-order valence-electron chi connectivity index (χ0n) is 11.9. The van der Waals surface area contributed by atoms with Gasteiger partial charge in [-0.1, -0.05) is 60.7 Å². The van der Waals surface area contributed by atoms with Crippen LogP contribution in [0, 0.1) is 0 Å². The summed E-state index contributed by atoms with van der Waals surface area (Å²) >= 11 is 0. The minimum atomic E-state index is -3.17. The van der Waals surface area contributed by atoms with E-state index in [2.05, 4.69) is 0 Å². The number of nitrogen functional groups attached to an aromatic ring is 1. The predicted molar refractivity (Wildman–Crippen MR) is 91.9 cm³/mol. The Bertz CT molecular complexity index is 789. The van der Waals surface area contributed by atoms with Crippen molar-refractivity contribution in [2.24, 2.45) is 0 Å². The van der Waals surface area contributed by atoms with E-state index in [4.69, 9.17) is 5.73 Å². The van der Waals surface area contributed by atoms with Crippen molar-refractivity contribution in [1.82, 2.24) is 0 Å². The summed E-state index contributed by atoms with van der Waals surface area (Å²) in [6.45, 7) is 0. The molecule has 3 N–H and O–H groups in total. The van der Waals surface area contributed by atoms with E-state index in [1.54, 1.807) is 12.1 Å². The maximum atomic E-state index is 14.0. The van der Waals surface area contributed by atoms with Crippen LogP contribution in [0.2, 0.25) is 0 Å². The Morgan fingerprint density at radius 2 is 1.27 bits per heavy atom. The molecule has 0 spiro atoms. The van der Waals surface area contributed by atoms with Crippen LogP contribution < -0.4 is 21.6 Å². The second kappa shape index (κ2) is 5.70. The van der Waals surface area contributed by atoms with E-state index >= 15 is 0 Å². The molecule has 0 saturated heterocycles. The van der Waals surface area contributed by atoms with Crippen LogP contribution >= 0.6 is 7.14 Å². The number of rotatable bonds is 3. The molecule has 0 aliphatic heterocycles. The molecule has 0 aliphatic carbocycles. The fourth-order valence-electron chi connectivity index (χ4n) is 2.50. The highest BCUT2D eigenvalue weighted by molar-refractivity contribution is 7.85. The Labute approximate surface area is 129 Å². The van der Waals surface area contributed by atoms with Gasteiger partial charge in [0.15, 0.2) is 7.14 Å². The van der Waals surface area contributed by atoms with Crippen LogP contribution in [0.25, 0.3) is 0 Å². The number of phenols is 1. The third-order valence-corrected chi connectivity index (χ3v) is 6.67. The smallest absolute Gasteiger partial charge is 0.174 e. The first-order chi connectivity index (χ1) is 10.6. The van der Waals surface area contributed by atoms with Gasteiger partial charge in [0.25, 0.3) is 0 Å². The van der Waals surface area contributed by atoms with Crippen molar-refractivity contribution in [1.29, 1.82) is 0 Å². The number of aromatic hydroxyl groups is 1. The van der Waals surface area contributed by atoms with Gasteiger partial charge in [-0.3, -0.25) is 0 Å². The molecule has 0 aromatic heterocycles. The molecule has 22 heavy (non-hydrogen) atoms. The van der Waals surface area contributed by atoms with Crippen LogP contribution in [0.1, 0.15) is 0 Å². The second-order valence-corrected chi connectivity index (χ2v) is 7.76. The van der Waals surface area contributed by atoms with Gasteiger partial charge in [0.1, 0.15) is 5.75 Å². The average molecular weight is 309 g/mol. The molecule has 0 amide bonds. The average Bonchev–Trinajstić information content (AvgIpc) is 2.58. The molecule has 4 heteroatoms. The summed E-state index contributed by atoms with van der Waals surface area (Å²) < 4.78 is 14.0. The number of hydrogen-bond donors (Lipinski definition) is 2. The highest BCUT2D eigenvalue weighted by Crippen LogP contribution is 2.45. The Morgan fingerprint density at radius 3 is 1.77 bits per heavy atom. The first-order valence-corrected chi connectivity index (χ1v) is 8.63. The van der Waals surface area contributed by atoms with Gasteiger partial charge in [0.2, 0.25) is 0 Å². The van der Waals surface area contributed by atoms with Crippen LogP contribution in [-0.4, -0.2) is 5.11 Å². The number of nitrogens with two attached hydrogens (primary N) is 1. The SMILES string of the molecule is Nc1ccc(O)c(P(=O)(c2ccccc2)c2ccccc2)c1. The summed E-state index contributed by atoms with van der Waals surface area (Å²) in [5.74, 6) is -0.00904. The summed E-state index contributed by atoms with van der Waals surface area (Å²) in [4.78, 5) is 0. The summed E-state index contributed by atoms with van der Waals surface area (Å²) in [6.07, 6.45) is 0. The summed E-state index contributed by atoms with van der Waals surface area (Å²) in [6, 6.07) is 23.1. The highest BCUT2D eigenvalue weighted by Gasteiger charge is 2.32. The fraction of sp³-hybridized carbons (Fsp3) is 0. The van der Waals surface area contributed by atoms with Crippen molar-refractivity contribution >= 4 is 28.7 Å². The molecule has 0 atom stereocenters. The van der Waals surface area contributed by atoms with Gasteiger partial charge in [0, 0.05) is 16.3 Å². The fourth-order valence-corrected chi connectivity index (χ4v) is 5.26. The largest absolute Gasteiger partial charge is 0.507 e. The summed E-state index contributed by atoms with van der Waals surface area (Å²) in [7, 11) is -3.17. The Kier molecular flexibility index (Phi) is 3.74. The lowest BCUT2D eigenvalue weighted by molar-refractivity contribution is 0.479. The van der Waals surface area contributed by atoms with Gasteiger partial charge >= 0.3 is 0 Å². The molecule has 0 saturated carbocycles. The first kappa shape index (κ1) is 14.4.